The molecule has 3 aromatic rings. The van der Waals surface area contributed by atoms with Gasteiger partial charge in [0.1, 0.15) is 24.6 Å². The fourth-order valence-electron chi connectivity index (χ4n) is 3.43. The maximum absolute atomic E-state index is 15.1. The van der Waals surface area contributed by atoms with E-state index in [1.54, 1.807) is 43.3 Å². The first kappa shape index (κ1) is 25.7. The molecule has 3 rings (SSSR count). The Morgan fingerprint density at radius 1 is 0.971 bits per heavy atom. The van der Waals surface area contributed by atoms with Gasteiger partial charge in [-0.3, -0.25) is 4.79 Å². The van der Waals surface area contributed by atoms with Gasteiger partial charge in [0.05, 0.1) is 11.3 Å². The monoisotopic (exact) mass is 480 g/mol. The van der Waals surface area contributed by atoms with Crippen LogP contribution in [0.4, 0.5) is 13.2 Å². The molecular weight excluding hydrogens is 453 g/mol. The maximum atomic E-state index is 15.1. The van der Waals surface area contributed by atoms with E-state index in [0.29, 0.717) is 28.0 Å². The summed E-state index contributed by atoms with van der Waals surface area (Å²) in [5.74, 6) is -2.13. The fraction of sp³-hybridized carbons (Fsp3) is 0.214. The van der Waals surface area contributed by atoms with Crippen LogP contribution in [-0.2, 0) is 4.84 Å². The van der Waals surface area contributed by atoms with Crippen LogP contribution in [0.2, 0.25) is 0 Å². The van der Waals surface area contributed by atoms with E-state index in [4.69, 9.17) is 4.84 Å². The third-order valence-electron chi connectivity index (χ3n) is 5.77. The number of hydrogen-bond acceptors (Lipinski definition) is 3. The van der Waals surface area contributed by atoms with Crippen LogP contribution < -0.4 is 5.32 Å². The van der Waals surface area contributed by atoms with Crippen molar-refractivity contribution < 1.29 is 22.8 Å². The van der Waals surface area contributed by atoms with E-state index in [9.17, 15) is 13.6 Å². The minimum absolute atomic E-state index is 0.151. The van der Waals surface area contributed by atoms with Gasteiger partial charge in [0.25, 0.3) is 5.91 Å². The zero-order chi connectivity index (χ0) is 25.6. The number of nitrogens with one attached hydrogen (secondary N) is 1. The third-order valence-corrected chi connectivity index (χ3v) is 5.77. The number of oxime groups is 1. The van der Waals surface area contributed by atoms with E-state index >= 15 is 4.39 Å². The molecule has 182 valence electrons. The summed E-state index contributed by atoms with van der Waals surface area (Å²) in [6.45, 7) is 5.73. The number of hydrogen-bond donors (Lipinski definition) is 1. The van der Waals surface area contributed by atoms with Crippen molar-refractivity contribution in [2.75, 3.05) is 13.7 Å². The number of rotatable bonds is 8. The largest absolute Gasteiger partial charge is 0.399 e. The molecule has 0 atom stereocenters. The highest BCUT2D eigenvalue weighted by molar-refractivity contribution is 6.04. The van der Waals surface area contributed by atoms with Crippen LogP contribution >= 0.6 is 0 Å². The van der Waals surface area contributed by atoms with E-state index in [-0.39, 0.29) is 12.1 Å². The van der Waals surface area contributed by atoms with Gasteiger partial charge in [0.2, 0.25) is 0 Å². The van der Waals surface area contributed by atoms with Crippen LogP contribution in [0.3, 0.4) is 0 Å². The first-order chi connectivity index (χ1) is 16.6. The van der Waals surface area contributed by atoms with Crippen LogP contribution in [0.25, 0.3) is 11.6 Å². The number of carbonyl (C=O) groups is 1. The lowest BCUT2D eigenvalue weighted by molar-refractivity contribution is 0.0940. The second-order valence-corrected chi connectivity index (χ2v) is 8.70. The summed E-state index contributed by atoms with van der Waals surface area (Å²) < 4.78 is 42.2. The molecule has 3 aromatic carbocycles. The first-order valence-corrected chi connectivity index (χ1v) is 11.0. The Hall–Kier alpha value is -3.87. The fourth-order valence-corrected chi connectivity index (χ4v) is 3.43. The summed E-state index contributed by atoms with van der Waals surface area (Å²) in [6.07, 6.45) is 1.71. The van der Waals surface area contributed by atoms with Crippen molar-refractivity contribution in [3.8, 4) is 0 Å². The third kappa shape index (κ3) is 6.38. The van der Waals surface area contributed by atoms with Crippen LogP contribution in [0.15, 0.2) is 71.9 Å². The Morgan fingerprint density at radius 2 is 1.57 bits per heavy atom. The zero-order valence-electron chi connectivity index (χ0n) is 20.0. The van der Waals surface area contributed by atoms with Gasteiger partial charge in [-0.1, -0.05) is 55.4 Å². The molecule has 0 bridgehead atoms. The molecule has 0 fully saturated rings. The Bertz CT molecular complexity index is 1250. The molecule has 0 saturated heterocycles. The summed E-state index contributed by atoms with van der Waals surface area (Å²) in [4.78, 5) is 18.1. The highest BCUT2D eigenvalue weighted by atomic mass is 19.1. The predicted molar refractivity (Wildman–Crippen MR) is 132 cm³/mol. The minimum Gasteiger partial charge on any atom is -0.399 e. The van der Waals surface area contributed by atoms with Gasteiger partial charge in [-0.05, 0) is 65.6 Å². The lowest BCUT2D eigenvalue weighted by atomic mass is 9.87. The smallest absolute Gasteiger partial charge is 0.254 e. The Kier molecular flexibility index (Phi) is 8.12. The van der Waals surface area contributed by atoms with E-state index in [0.717, 1.165) is 0 Å². The standard InChI is InChI=1S/C28H27F3N2O2/c1-18(33-35-4)28(2,3)17-32-27(34)26-23(6-5-7-25(26)31)24(20-10-14-22(30)15-11-20)16-19-8-12-21(29)13-9-19/h5-16H,17H2,1-4H3,(H,32,34)/b24-16+,33-18+. The molecule has 0 saturated carbocycles. The predicted octanol–water partition coefficient (Wildman–Crippen LogP) is 6.47. The van der Waals surface area contributed by atoms with E-state index in [1.807, 2.05) is 13.8 Å². The molecule has 4 nitrogen and oxygen atoms in total. The number of nitrogens with zero attached hydrogens (tertiary/aromatic N) is 1. The number of halogens is 3. The Balaban J connectivity index is 2.07. The molecule has 0 aliphatic carbocycles. The quantitative estimate of drug-likeness (QED) is 0.228. The topological polar surface area (TPSA) is 50.7 Å². The lowest BCUT2D eigenvalue weighted by Crippen LogP contribution is -2.38. The summed E-state index contributed by atoms with van der Waals surface area (Å²) >= 11 is 0. The Morgan fingerprint density at radius 3 is 2.17 bits per heavy atom. The van der Waals surface area contributed by atoms with Gasteiger partial charge in [0.15, 0.2) is 0 Å². The van der Waals surface area contributed by atoms with Crippen molar-refractivity contribution in [3.05, 3.63) is 106 Å². The second-order valence-electron chi connectivity index (χ2n) is 8.70. The van der Waals surface area contributed by atoms with Crippen LogP contribution in [0.5, 0.6) is 0 Å². The first-order valence-electron chi connectivity index (χ1n) is 11.0. The number of carbonyl (C=O) groups excluding carboxylic acids is 1. The average molecular weight is 481 g/mol. The van der Waals surface area contributed by atoms with Crippen molar-refractivity contribution in [1.82, 2.24) is 5.32 Å². The zero-order valence-corrected chi connectivity index (χ0v) is 20.0. The molecule has 0 radical (unpaired) electrons. The molecule has 0 spiro atoms. The molecule has 0 unspecified atom stereocenters. The summed E-state index contributed by atoms with van der Waals surface area (Å²) in [5, 5.41) is 6.73. The van der Waals surface area contributed by atoms with Crippen LogP contribution in [0, 0.1) is 22.9 Å². The number of benzene rings is 3. The van der Waals surface area contributed by atoms with Crippen molar-refractivity contribution in [2.24, 2.45) is 10.6 Å². The lowest BCUT2D eigenvalue weighted by Gasteiger charge is -2.24. The second kappa shape index (κ2) is 11.0. The highest BCUT2D eigenvalue weighted by Crippen LogP contribution is 2.31. The molecule has 0 aliphatic heterocycles. The Labute approximate surface area is 203 Å². The average Bonchev–Trinajstić information content (AvgIpc) is 2.83. The van der Waals surface area contributed by atoms with E-state index in [1.165, 1.54) is 43.5 Å². The van der Waals surface area contributed by atoms with Gasteiger partial charge in [-0.25, -0.2) is 13.2 Å². The SMILES string of the molecule is CO/N=C(\C)C(C)(C)CNC(=O)c1c(F)cccc1/C(=C/c1ccc(F)cc1)c1ccc(F)cc1. The summed E-state index contributed by atoms with van der Waals surface area (Å²) in [5.41, 5.74) is 1.98. The van der Waals surface area contributed by atoms with E-state index in [2.05, 4.69) is 10.5 Å². The molecule has 0 heterocycles. The van der Waals surface area contributed by atoms with Gasteiger partial charge in [-0.2, -0.15) is 0 Å². The van der Waals surface area contributed by atoms with Crippen molar-refractivity contribution >= 4 is 23.3 Å². The molecular formula is C28H27F3N2O2. The molecule has 0 aromatic heterocycles. The van der Waals surface area contributed by atoms with Crippen LogP contribution in [-0.4, -0.2) is 25.3 Å². The normalized spacial score (nSPS) is 12.4. The highest BCUT2D eigenvalue weighted by Gasteiger charge is 2.26. The van der Waals surface area contributed by atoms with Gasteiger partial charge < -0.3 is 10.2 Å². The van der Waals surface area contributed by atoms with Crippen molar-refractivity contribution in [3.63, 3.8) is 0 Å². The molecule has 7 heteroatoms. The molecule has 35 heavy (non-hydrogen) atoms. The summed E-state index contributed by atoms with van der Waals surface area (Å²) in [7, 11) is 1.44. The van der Waals surface area contributed by atoms with Gasteiger partial charge in [-0.15, -0.1) is 0 Å². The molecule has 1 amide bonds. The van der Waals surface area contributed by atoms with Crippen LogP contribution in [0.1, 0.15) is 47.8 Å². The van der Waals surface area contributed by atoms with Crippen molar-refractivity contribution in [1.29, 1.82) is 0 Å². The molecule has 1 N–H and O–H groups in total. The van der Waals surface area contributed by atoms with E-state index < -0.39 is 28.8 Å². The molecule has 0 aliphatic rings. The van der Waals surface area contributed by atoms with Gasteiger partial charge >= 0.3 is 0 Å². The number of amides is 1. The minimum atomic E-state index is -0.702. The van der Waals surface area contributed by atoms with Gasteiger partial charge in [0, 0.05) is 12.0 Å². The maximum Gasteiger partial charge on any atom is 0.254 e. The van der Waals surface area contributed by atoms with Crippen molar-refractivity contribution in [2.45, 2.75) is 20.8 Å². The summed E-state index contributed by atoms with van der Waals surface area (Å²) in [6, 6.07) is 15.7.